The highest BCUT2D eigenvalue weighted by atomic mass is 35.5. The Balaban J connectivity index is 1.48. The van der Waals surface area contributed by atoms with Crippen LogP contribution in [0.3, 0.4) is 0 Å². The number of ether oxygens (including phenoxy) is 1. The third-order valence-corrected chi connectivity index (χ3v) is 5.92. The predicted octanol–water partition coefficient (Wildman–Crippen LogP) is 4.15. The highest BCUT2D eigenvalue weighted by Gasteiger charge is 2.37. The maximum Gasteiger partial charge on any atom is 0.294 e. The van der Waals surface area contributed by atoms with Crippen LogP contribution in [0.5, 0.6) is 0 Å². The zero-order valence-electron chi connectivity index (χ0n) is 15.6. The Kier molecular flexibility index (Phi) is 6.19. The van der Waals surface area contributed by atoms with Crippen molar-refractivity contribution >= 4 is 58.1 Å². The molecule has 30 heavy (non-hydrogen) atoms. The van der Waals surface area contributed by atoms with Crippen LogP contribution < -0.4 is 0 Å². The summed E-state index contributed by atoms with van der Waals surface area (Å²) in [7, 11) is 0. The fraction of sp³-hybridized carbons (Fsp3) is 0.250. The van der Waals surface area contributed by atoms with Gasteiger partial charge in [0, 0.05) is 34.8 Å². The van der Waals surface area contributed by atoms with Crippen molar-refractivity contribution in [1.29, 1.82) is 0 Å². The van der Waals surface area contributed by atoms with Gasteiger partial charge in [-0.3, -0.25) is 19.3 Å². The minimum absolute atomic E-state index is 0.194. The SMILES string of the molecule is O=C(CN1C(=O)S/C(=C\c2ccc(-c3cc(Cl)cc(Cl)c3)o2)C1=O)N1CCOCC1. The number of benzene rings is 1. The van der Waals surface area contributed by atoms with Gasteiger partial charge < -0.3 is 14.1 Å². The minimum atomic E-state index is -0.518. The second kappa shape index (κ2) is 8.85. The van der Waals surface area contributed by atoms with Crippen LogP contribution in [0, 0.1) is 0 Å². The van der Waals surface area contributed by atoms with Crippen molar-refractivity contribution in [2.24, 2.45) is 0 Å². The van der Waals surface area contributed by atoms with Crippen LogP contribution in [0.1, 0.15) is 5.76 Å². The van der Waals surface area contributed by atoms with Crippen LogP contribution in [-0.4, -0.2) is 59.7 Å². The Bertz CT molecular complexity index is 1030. The zero-order valence-corrected chi connectivity index (χ0v) is 17.9. The van der Waals surface area contributed by atoms with Gasteiger partial charge in [0.2, 0.25) is 5.91 Å². The van der Waals surface area contributed by atoms with Gasteiger partial charge in [-0.15, -0.1) is 0 Å². The number of furan rings is 1. The van der Waals surface area contributed by atoms with E-state index in [1.807, 2.05) is 0 Å². The van der Waals surface area contributed by atoms with Crippen LogP contribution in [0.15, 0.2) is 39.7 Å². The molecule has 0 bridgehead atoms. The summed E-state index contributed by atoms with van der Waals surface area (Å²) in [5.74, 6) is 0.119. The molecule has 4 rings (SSSR count). The lowest BCUT2D eigenvalue weighted by atomic mass is 10.2. The van der Waals surface area contributed by atoms with E-state index in [4.69, 9.17) is 32.4 Å². The molecule has 10 heteroatoms. The summed E-state index contributed by atoms with van der Waals surface area (Å²) in [6.45, 7) is 1.52. The average Bonchev–Trinajstić information content (AvgIpc) is 3.28. The van der Waals surface area contributed by atoms with Gasteiger partial charge in [0.1, 0.15) is 18.1 Å². The number of nitrogens with zero attached hydrogens (tertiary/aromatic N) is 2. The number of halogens is 2. The highest BCUT2D eigenvalue weighted by molar-refractivity contribution is 8.18. The number of amides is 3. The first-order valence-electron chi connectivity index (χ1n) is 9.08. The standard InChI is InChI=1S/C20H16Cl2N2O5S/c21-13-7-12(8-14(22)9-13)16-2-1-15(29-16)10-17-19(26)24(20(27)30-17)11-18(25)23-3-5-28-6-4-23/h1-2,7-10H,3-6,11H2/b17-10-. The molecule has 1 aromatic heterocycles. The molecule has 156 valence electrons. The van der Waals surface area contributed by atoms with Gasteiger partial charge in [-0.2, -0.15) is 0 Å². The number of carbonyl (C=O) groups is 3. The van der Waals surface area contributed by atoms with Crippen LogP contribution in [0.2, 0.25) is 10.0 Å². The fourth-order valence-corrected chi connectivity index (χ4v) is 4.44. The number of carbonyl (C=O) groups excluding carboxylic acids is 3. The molecule has 0 aliphatic carbocycles. The molecule has 0 spiro atoms. The minimum Gasteiger partial charge on any atom is -0.457 e. The van der Waals surface area contributed by atoms with Crippen molar-refractivity contribution in [2.75, 3.05) is 32.8 Å². The van der Waals surface area contributed by atoms with E-state index in [1.54, 1.807) is 35.2 Å². The number of hydrogen-bond donors (Lipinski definition) is 0. The van der Waals surface area contributed by atoms with Crippen molar-refractivity contribution in [3.05, 3.63) is 51.0 Å². The Labute approximate surface area is 186 Å². The molecule has 0 saturated carbocycles. The van der Waals surface area contributed by atoms with E-state index >= 15 is 0 Å². The maximum atomic E-state index is 12.6. The third-order valence-electron chi connectivity index (χ3n) is 4.58. The number of thioether (sulfide) groups is 1. The fourth-order valence-electron chi connectivity index (χ4n) is 3.10. The Morgan fingerprint density at radius 1 is 1.10 bits per heavy atom. The molecule has 7 nitrogen and oxygen atoms in total. The monoisotopic (exact) mass is 466 g/mol. The first-order chi connectivity index (χ1) is 14.4. The van der Waals surface area contributed by atoms with Gasteiger partial charge in [0.25, 0.3) is 11.1 Å². The molecule has 2 aliphatic heterocycles. The summed E-state index contributed by atoms with van der Waals surface area (Å²) in [6, 6.07) is 8.43. The summed E-state index contributed by atoms with van der Waals surface area (Å²) in [4.78, 5) is 40.0. The van der Waals surface area contributed by atoms with E-state index in [-0.39, 0.29) is 17.4 Å². The van der Waals surface area contributed by atoms with Crippen molar-refractivity contribution in [1.82, 2.24) is 9.80 Å². The van der Waals surface area contributed by atoms with Gasteiger partial charge in [-0.05, 0) is 42.1 Å². The van der Waals surface area contributed by atoms with Gasteiger partial charge >= 0.3 is 0 Å². The molecular weight excluding hydrogens is 451 g/mol. The smallest absolute Gasteiger partial charge is 0.294 e. The predicted molar refractivity (Wildman–Crippen MR) is 114 cm³/mol. The van der Waals surface area contributed by atoms with E-state index in [0.29, 0.717) is 53.4 Å². The lowest BCUT2D eigenvalue weighted by molar-refractivity contribution is -0.139. The molecule has 2 aromatic rings. The summed E-state index contributed by atoms with van der Waals surface area (Å²) in [6.07, 6.45) is 1.49. The number of rotatable bonds is 4. The maximum absolute atomic E-state index is 12.6. The van der Waals surface area contributed by atoms with Crippen LogP contribution in [-0.2, 0) is 14.3 Å². The van der Waals surface area contributed by atoms with Crippen molar-refractivity contribution in [3.8, 4) is 11.3 Å². The molecule has 0 atom stereocenters. The summed E-state index contributed by atoms with van der Waals surface area (Å²) < 4.78 is 11.0. The van der Waals surface area contributed by atoms with E-state index in [0.717, 1.165) is 16.7 Å². The first kappa shape index (κ1) is 21.0. The normalized spacial score (nSPS) is 18.5. The lowest BCUT2D eigenvalue weighted by Gasteiger charge is -2.27. The van der Waals surface area contributed by atoms with Crippen molar-refractivity contribution in [3.63, 3.8) is 0 Å². The second-order valence-electron chi connectivity index (χ2n) is 6.62. The Morgan fingerprint density at radius 2 is 1.80 bits per heavy atom. The van der Waals surface area contributed by atoms with E-state index in [9.17, 15) is 14.4 Å². The Hall–Kier alpha value is -2.26. The van der Waals surface area contributed by atoms with Gasteiger partial charge in [0.15, 0.2) is 0 Å². The number of morpholine rings is 1. The molecule has 3 amide bonds. The van der Waals surface area contributed by atoms with Gasteiger partial charge in [-0.1, -0.05) is 23.2 Å². The van der Waals surface area contributed by atoms with Crippen LogP contribution in [0.25, 0.3) is 17.4 Å². The van der Waals surface area contributed by atoms with E-state index in [2.05, 4.69) is 0 Å². The summed E-state index contributed by atoms with van der Waals surface area (Å²) in [5, 5.41) is 0.462. The molecular formula is C20H16Cl2N2O5S. The molecule has 0 unspecified atom stereocenters. The number of imide groups is 1. The van der Waals surface area contributed by atoms with E-state index < -0.39 is 11.1 Å². The molecule has 0 radical (unpaired) electrons. The quantitative estimate of drug-likeness (QED) is 0.629. The second-order valence-corrected chi connectivity index (χ2v) is 8.49. The molecule has 3 heterocycles. The summed E-state index contributed by atoms with van der Waals surface area (Å²) >= 11 is 12.8. The number of hydrogen-bond acceptors (Lipinski definition) is 6. The Morgan fingerprint density at radius 3 is 2.50 bits per heavy atom. The third kappa shape index (κ3) is 4.57. The average molecular weight is 467 g/mol. The molecule has 0 N–H and O–H groups in total. The van der Waals surface area contributed by atoms with Crippen LogP contribution >= 0.6 is 35.0 Å². The molecule has 1 aromatic carbocycles. The first-order valence-corrected chi connectivity index (χ1v) is 10.6. The molecule has 2 fully saturated rings. The highest BCUT2D eigenvalue weighted by Crippen LogP contribution is 2.34. The van der Waals surface area contributed by atoms with E-state index in [1.165, 1.54) is 6.08 Å². The van der Waals surface area contributed by atoms with Gasteiger partial charge in [0.05, 0.1) is 18.1 Å². The van der Waals surface area contributed by atoms with Crippen molar-refractivity contribution < 1.29 is 23.5 Å². The van der Waals surface area contributed by atoms with Gasteiger partial charge in [-0.25, -0.2) is 0 Å². The summed E-state index contributed by atoms with van der Waals surface area (Å²) in [5.41, 5.74) is 0.691. The lowest BCUT2D eigenvalue weighted by Crippen LogP contribution is -2.46. The molecule has 2 saturated heterocycles. The topological polar surface area (TPSA) is 80.1 Å². The molecule has 2 aliphatic rings. The largest absolute Gasteiger partial charge is 0.457 e. The van der Waals surface area contributed by atoms with Crippen LogP contribution in [0.4, 0.5) is 4.79 Å². The van der Waals surface area contributed by atoms with Crippen molar-refractivity contribution in [2.45, 2.75) is 0 Å². The zero-order chi connectivity index (χ0) is 21.3.